The van der Waals surface area contributed by atoms with Crippen LogP contribution in [0.3, 0.4) is 0 Å². The molecule has 0 atom stereocenters. The van der Waals surface area contributed by atoms with Crippen LogP contribution in [0, 0.1) is 0 Å². The Morgan fingerprint density at radius 1 is 1.05 bits per heavy atom. The second-order valence-electron chi connectivity index (χ2n) is 5.01. The molecule has 0 saturated heterocycles. The van der Waals surface area contributed by atoms with Crippen molar-refractivity contribution < 1.29 is 0 Å². The molecule has 1 heterocycles. The molecular weight excluding hydrogens is 266 g/mol. The predicted octanol–water partition coefficient (Wildman–Crippen LogP) is 3.79. The number of aryl methyl sites for hydroxylation is 1. The van der Waals surface area contributed by atoms with Crippen molar-refractivity contribution in [2.24, 2.45) is 0 Å². The molecule has 1 aliphatic carbocycles. The Balaban J connectivity index is 2.04. The molecule has 1 aliphatic rings. The first kappa shape index (κ1) is 13.4. The molecule has 3 nitrogen and oxygen atoms in total. The van der Waals surface area contributed by atoms with Gasteiger partial charge in [-0.05, 0) is 44.1 Å². The molecule has 0 unspecified atom stereocenters. The van der Waals surface area contributed by atoms with E-state index in [4.69, 9.17) is 9.97 Å². The summed E-state index contributed by atoms with van der Waals surface area (Å²) in [6.45, 7) is 0. The van der Waals surface area contributed by atoms with Gasteiger partial charge in [0.15, 0.2) is 5.82 Å². The van der Waals surface area contributed by atoms with E-state index in [0.29, 0.717) is 0 Å². The van der Waals surface area contributed by atoms with Crippen LogP contribution in [0.5, 0.6) is 0 Å². The number of anilines is 1. The van der Waals surface area contributed by atoms with E-state index in [-0.39, 0.29) is 0 Å². The quantitative estimate of drug-likeness (QED) is 0.871. The number of thioether (sulfide) groups is 1. The third kappa shape index (κ3) is 2.52. The molecule has 1 N–H and O–H groups in total. The van der Waals surface area contributed by atoms with Crippen molar-refractivity contribution in [1.29, 1.82) is 0 Å². The zero-order valence-corrected chi connectivity index (χ0v) is 12.8. The Hall–Kier alpha value is -1.55. The number of aromatic nitrogens is 2. The fraction of sp³-hybridized carbons (Fsp3) is 0.375. The largest absolute Gasteiger partial charge is 0.373 e. The minimum Gasteiger partial charge on any atom is -0.373 e. The summed E-state index contributed by atoms with van der Waals surface area (Å²) in [5.41, 5.74) is 3.62. The van der Waals surface area contributed by atoms with E-state index >= 15 is 0 Å². The van der Waals surface area contributed by atoms with Gasteiger partial charge in [0.2, 0.25) is 0 Å². The van der Waals surface area contributed by atoms with Crippen LogP contribution in [0.4, 0.5) is 5.82 Å². The summed E-state index contributed by atoms with van der Waals surface area (Å²) in [6.07, 6.45) is 6.73. The number of nitrogens with one attached hydrogen (secondary N) is 1. The first-order valence-corrected chi connectivity index (χ1v) is 8.26. The predicted molar refractivity (Wildman–Crippen MR) is 85.4 cm³/mol. The molecular formula is C16H19N3S. The maximum absolute atomic E-state index is 4.79. The second kappa shape index (κ2) is 5.83. The minimum atomic E-state index is 0.836. The molecule has 104 valence electrons. The van der Waals surface area contributed by atoms with Crippen LogP contribution in [-0.4, -0.2) is 23.3 Å². The SMILES string of the molecule is CNc1nc(-c2ccc(SC)cc2)nc2c1CCCC2. The summed E-state index contributed by atoms with van der Waals surface area (Å²) >= 11 is 1.75. The van der Waals surface area contributed by atoms with Crippen molar-refractivity contribution in [2.45, 2.75) is 30.6 Å². The third-order valence-electron chi connectivity index (χ3n) is 3.77. The summed E-state index contributed by atoms with van der Waals surface area (Å²) in [7, 11) is 1.94. The normalized spacial score (nSPS) is 13.9. The molecule has 0 radical (unpaired) electrons. The molecule has 0 fully saturated rings. The number of benzene rings is 1. The van der Waals surface area contributed by atoms with Gasteiger partial charge in [0.05, 0.1) is 0 Å². The summed E-state index contributed by atoms with van der Waals surface area (Å²) in [5, 5.41) is 3.23. The fourth-order valence-electron chi connectivity index (χ4n) is 2.67. The van der Waals surface area contributed by atoms with Gasteiger partial charge in [0.1, 0.15) is 5.82 Å². The smallest absolute Gasteiger partial charge is 0.161 e. The Morgan fingerprint density at radius 3 is 2.50 bits per heavy atom. The first-order valence-electron chi connectivity index (χ1n) is 7.04. The van der Waals surface area contributed by atoms with E-state index in [9.17, 15) is 0 Å². The highest BCUT2D eigenvalue weighted by molar-refractivity contribution is 7.98. The maximum atomic E-state index is 4.79. The van der Waals surface area contributed by atoms with Gasteiger partial charge in [0.25, 0.3) is 0 Å². The van der Waals surface area contributed by atoms with Crippen molar-refractivity contribution in [1.82, 2.24) is 9.97 Å². The van der Waals surface area contributed by atoms with Gasteiger partial charge in [-0.15, -0.1) is 11.8 Å². The van der Waals surface area contributed by atoms with Gasteiger partial charge in [-0.3, -0.25) is 0 Å². The molecule has 4 heteroatoms. The van der Waals surface area contributed by atoms with Crippen molar-refractivity contribution >= 4 is 17.6 Å². The van der Waals surface area contributed by atoms with Crippen LogP contribution in [-0.2, 0) is 12.8 Å². The highest BCUT2D eigenvalue weighted by atomic mass is 32.2. The van der Waals surface area contributed by atoms with Crippen LogP contribution in [0.1, 0.15) is 24.1 Å². The van der Waals surface area contributed by atoms with E-state index in [0.717, 1.165) is 30.0 Å². The molecule has 0 bridgehead atoms. The molecule has 3 rings (SSSR count). The van der Waals surface area contributed by atoms with Crippen LogP contribution in [0.15, 0.2) is 29.2 Å². The van der Waals surface area contributed by atoms with E-state index < -0.39 is 0 Å². The van der Waals surface area contributed by atoms with Crippen molar-refractivity contribution in [3.8, 4) is 11.4 Å². The lowest BCUT2D eigenvalue weighted by molar-refractivity contribution is 0.665. The van der Waals surface area contributed by atoms with E-state index in [1.807, 2.05) is 7.05 Å². The fourth-order valence-corrected chi connectivity index (χ4v) is 3.08. The lowest BCUT2D eigenvalue weighted by atomic mass is 9.96. The average Bonchev–Trinajstić information content (AvgIpc) is 2.54. The van der Waals surface area contributed by atoms with E-state index in [1.165, 1.54) is 29.0 Å². The van der Waals surface area contributed by atoms with Crippen molar-refractivity contribution in [2.75, 3.05) is 18.6 Å². The molecule has 0 amide bonds. The van der Waals surface area contributed by atoms with E-state index in [1.54, 1.807) is 11.8 Å². The van der Waals surface area contributed by atoms with Gasteiger partial charge in [0, 0.05) is 28.8 Å². The number of hydrogen-bond donors (Lipinski definition) is 1. The molecule has 2 aromatic rings. The zero-order valence-electron chi connectivity index (χ0n) is 11.9. The Bertz CT molecular complexity index is 591. The molecule has 0 aliphatic heterocycles. The monoisotopic (exact) mass is 285 g/mol. The van der Waals surface area contributed by atoms with Gasteiger partial charge in [-0.25, -0.2) is 9.97 Å². The van der Waals surface area contributed by atoms with Gasteiger partial charge in [-0.2, -0.15) is 0 Å². The molecule has 0 saturated carbocycles. The van der Waals surface area contributed by atoms with Gasteiger partial charge >= 0.3 is 0 Å². The average molecular weight is 285 g/mol. The minimum absolute atomic E-state index is 0.836. The standard InChI is InChI=1S/C16H19N3S/c1-17-16-13-5-3-4-6-14(13)18-15(19-16)11-7-9-12(20-2)10-8-11/h7-10H,3-6H2,1-2H3,(H,17,18,19). The Kier molecular flexibility index (Phi) is 3.92. The molecule has 1 aromatic heterocycles. The lowest BCUT2D eigenvalue weighted by Gasteiger charge is -2.18. The molecule has 20 heavy (non-hydrogen) atoms. The van der Waals surface area contributed by atoms with Gasteiger partial charge in [-0.1, -0.05) is 12.1 Å². The highest BCUT2D eigenvalue weighted by Gasteiger charge is 2.17. The Morgan fingerprint density at radius 2 is 1.80 bits per heavy atom. The molecule has 1 aromatic carbocycles. The van der Waals surface area contributed by atoms with Crippen LogP contribution >= 0.6 is 11.8 Å². The maximum Gasteiger partial charge on any atom is 0.161 e. The number of hydrogen-bond acceptors (Lipinski definition) is 4. The first-order chi connectivity index (χ1) is 9.81. The van der Waals surface area contributed by atoms with Crippen LogP contribution in [0.2, 0.25) is 0 Å². The second-order valence-corrected chi connectivity index (χ2v) is 5.89. The van der Waals surface area contributed by atoms with Gasteiger partial charge < -0.3 is 5.32 Å². The lowest BCUT2D eigenvalue weighted by Crippen LogP contribution is -2.11. The van der Waals surface area contributed by atoms with Crippen molar-refractivity contribution in [3.05, 3.63) is 35.5 Å². The third-order valence-corrected chi connectivity index (χ3v) is 4.51. The number of rotatable bonds is 3. The summed E-state index contributed by atoms with van der Waals surface area (Å²) < 4.78 is 0. The van der Waals surface area contributed by atoms with Crippen molar-refractivity contribution in [3.63, 3.8) is 0 Å². The van der Waals surface area contributed by atoms with Crippen LogP contribution < -0.4 is 5.32 Å². The molecule has 0 spiro atoms. The van der Waals surface area contributed by atoms with Crippen LogP contribution in [0.25, 0.3) is 11.4 Å². The number of fused-ring (bicyclic) bond motifs is 1. The zero-order chi connectivity index (χ0) is 13.9. The summed E-state index contributed by atoms with van der Waals surface area (Å²) in [5.74, 6) is 1.83. The summed E-state index contributed by atoms with van der Waals surface area (Å²) in [4.78, 5) is 10.8. The summed E-state index contributed by atoms with van der Waals surface area (Å²) in [6, 6.07) is 8.47. The highest BCUT2D eigenvalue weighted by Crippen LogP contribution is 2.28. The van der Waals surface area contributed by atoms with E-state index in [2.05, 4.69) is 35.8 Å². The topological polar surface area (TPSA) is 37.8 Å². The Labute approximate surface area is 124 Å². The number of nitrogens with zero attached hydrogens (tertiary/aromatic N) is 2.